The molecule has 2 aromatic heterocycles. The van der Waals surface area contributed by atoms with Crippen LogP contribution in [0.4, 0.5) is 0 Å². The predicted molar refractivity (Wildman–Crippen MR) is 157 cm³/mol. The van der Waals surface area contributed by atoms with Crippen molar-refractivity contribution >= 4 is 54.1 Å². The summed E-state index contributed by atoms with van der Waals surface area (Å²) in [6.45, 7) is 0. The van der Waals surface area contributed by atoms with Gasteiger partial charge in [-0.3, -0.25) is 4.98 Å². The number of hydrogen-bond acceptors (Lipinski definition) is 1. The van der Waals surface area contributed by atoms with Gasteiger partial charge in [-0.15, -0.1) is 0 Å². The summed E-state index contributed by atoms with van der Waals surface area (Å²) in [5, 5.41) is 10.2. The molecule has 0 aliphatic heterocycles. The fraction of sp³-hybridized carbons (Fsp3) is 0. The van der Waals surface area contributed by atoms with Crippen molar-refractivity contribution in [1.29, 1.82) is 0 Å². The Kier molecular flexibility index (Phi) is 4.26. The van der Waals surface area contributed by atoms with Gasteiger partial charge in [0.2, 0.25) is 0 Å². The van der Waals surface area contributed by atoms with Gasteiger partial charge in [0.15, 0.2) is 0 Å². The zero-order valence-corrected chi connectivity index (χ0v) is 20.1. The molecule has 0 amide bonds. The number of rotatable bonds is 2. The lowest BCUT2D eigenvalue weighted by molar-refractivity contribution is 1.15. The minimum absolute atomic E-state index is 0.978. The molecule has 8 rings (SSSR count). The standard InChI is InChI=1S/C35H22N2/c1-2-11-24(12-3-1)31-21-19-25(22-36-31)37-32-17-9-8-16-29(32)34-28-15-7-6-14-27(28)33-26-13-5-4-10-23(26)18-20-30(33)35(34)37/h1-22H. The molecule has 0 saturated carbocycles. The molecule has 172 valence electrons. The van der Waals surface area contributed by atoms with Crippen LogP contribution >= 0.6 is 0 Å². The molecule has 2 heterocycles. The summed E-state index contributed by atoms with van der Waals surface area (Å²) in [4.78, 5) is 4.89. The molecule has 6 aromatic carbocycles. The Bertz CT molecular complexity index is 2120. The first-order chi connectivity index (χ1) is 18.4. The lowest BCUT2D eigenvalue weighted by Gasteiger charge is -2.14. The normalized spacial score (nSPS) is 11.8. The molecule has 0 radical (unpaired) electrons. The van der Waals surface area contributed by atoms with Crippen LogP contribution in [0.25, 0.3) is 71.1 Å². The Labute approximate surface area is 214 Å². The maximum absolute atomic E-state index is 4.89. The van der Waals surface area contributed by atoms with Crippen LogP contribution in [-0.4, -0.2) is 9.55 Å². The van der Waals surface area contributed by atoms with Crippen molar-refractivity contribution in [2.24, 2.45) is 0 Å². The highest BCUT2D eigenvalue weighted by Gasteiger charge is 2.19. The number of benzene rings is 6. The number of fused-ring (bicyclic) bond motifs is 10. The van der Waals surface area contributed by atoms with Crippen LogP contribution in [0, 0.1) is 0 Å². The molecule has 0 fully saturated rings. The smallest absolute Gasteiger partial charge is 0.0703 e. The Morgan fingerprint density at radius 3 is 1.92 bits per heavy atom. The monoisotopic (exact) mass is 470 g/mol. The molecule has 2 nitrogen and oxygen atoms in total. The van der Waals surface area contributed by atoms with Crippen molar-refractivity contribution in [2.45, 2.75) is 0 Å². The minimum atomic E-state index is 0.978. The van der Waals surface area contributed by atoms with Gasteiger partial charge >= 0.3 is 0 Å². The molecule has 0 saturated heterocycles. The van der Waals surface area contributed by atoms with Gasteiger partial charge in [-0.2, -0.15) is 0 Å². The number of para-hydroxylation sites is 1. The van der Waals surface area contributed by atoms with Crippen molar-refractivity contribution in [3.63, 3.8) is 0 Å². The van der Waals surface area contributed by atoms with Crippen LogP contribution in [0.15, 0.2) is 134 Å². The van der Waals surface area contributed by atoms with Gasteiger partial charge in [0.05, 0.1) is 28.6 Å². The van der Waals surface area contributed by atoms with Crippen molar-refractivity contribution < 1.29 is 0 Å². The van der Waals surface area contributed by atoms with Crippen LogP contribution in [-0.2, 0) is 0 Å². The van der Waals surface area contributed by atoms with E-state index in [1.54, 1.807) is 0 Å². The van der Waals surface area contributed by atoms with Gasteiger partial charge in [0.1, 0.15) is 0 Å². The molecule has 37 heavy (non-hydrogen) atoms. The Hall–Kier alpha value is -4.95. The lowest BCUT2D eigenvalue weighted by atomic mass is 9.93. The van der Waals surface area contributed by atoms with Crippen molar-refractivity contribution in [3.8, 4) is 16.9 Å². The SMILES string of the molecule is c1ccc(-c2ccc(-n3c4ccccc4c4c5ccccc5c5c6ccccc6ccc5c43)cn2)cc1. The van der Waals surface area contributed by atoms with Crippen LogP contribution in [0.5, 0.6) is 0 Å². The number of aromatic nitrogens is 2. The van der Waals surface area contributed by atoms with E-state index < -0.39 is 0 Å². The third-order valence-electron chi connectivity index (χ3n) is 7.60. The zero-order chi connectivity index (χ0) is 24.3. The first kappa shape index (κ1) is 20.3. The molecule has 0 N–H and O–H groups in total. The summed E-state index contributed by atoms with van der Waals surface area (Å²) in [7, 11) is 0. The molecule has 8 aromatic rings. The van der Waals surface area contributed by atoms with E-state index in [-0.39, 0.29) is 0 Å². The highest BCUT2D eigenvalue weighted by molar-refractivity contribution is 6.35. The summed E-state index contributed by atoms with van der Waals surface area (Å²) < 4.78 is 2.40. The molecule has 0 aliphatic carbocycles. The second-order valence-electron chi connectivity index (χ2n) is 9.60. The molecular weight excluding hydrogens is 448 g/mol. The van der Waals surface area contributed by atoms with E-state index in [2.05, 4.69) is 126 Å². The van der Waals surface area contributed by atoms with E-state index in [9.17, 15) is 0 Å². The first-order valence-electron chi connectivity index (χ1n) is 12.7. The van der Waals surface area contributed by atoms with Crippen LogP contribution in [0.3, 0.4) is 0 Å². The lowest BCUT2D eigenvalue weighted by Crippen LogP contribution is -1.96. The molecule has 0 spiro atoms. The summed E-state index contributed by atoms with van der Waals surface area (Å²) in [6, 6.07) is 45.5. The van der Waals surface area contributed by atoms with E-state index in [1.165, 1.54) is 54.1 Å². The largest absolute Gasteiger partial charge is 0.307 e. The Balaban J connectivity index is 1.56. The highest BCUT2D eigenvalue weighted by Crippen LogP contribution is 2.44. The van der Waals surface area contributed by atoms with Crippen LogP contribution in [0.1, 0.15) is 0 Å². The van der Waals surface area contributed by atoms with Crippen LogP contribution in [0.2, 0.25) is 0 Å². The third kappa shape index (κ3) is 2.90. The topological polar surface area (TPSA) is 17.8 Å². The van der Waals surface area contributed by atoms with E-state index in [1.807, 2.05) is 12.3 Å². The van der Waals surface area contributed by atoms with Gasteiger partial charge in [-0.1, -0.05) is 109 Å². The molecule has 2 heteroatoms. The maximum Gasteiger partial charge on any atom is 0.0703 e. The summed E-state index contributed by atoms with van der Waals surface area (Å²) in [5.41, 5.74) is 5.59. The average molecular weight is 471 g/mol. The third-order valence-corrected chi connectivity index (χ3v) is 7.60. The zero-order valence-electron chi connectivity index (χ0n) is 20.1. The Morgan fingerprint density at radius 1 is 0.459 bits per heavy atom. The van der Waals surface area contributed by atoms with E-state index in [0.29, 0.717) is 0 Å². The van der Waals surface area contributed by atoms with Gasteiger partial charge in [0, 0.05) is 21.7 Å². The van der Waals surface area contributed by atoms with Gasteiger partial charge in [-0.05, 0) is 45.1 Å². The Morgan fingerprint density at radius 2 is 1.14 bits per heavy atom. The van der Waals surface area contributed by atoms with E-state index >= 15 is 0 Å². The maximum atomic E-state index is 4.89. The second-order valence-corrected chi connectivity index (χ2v) is 9.60. The number of nitrogens with zero attached hydrogens (tertiary/aromatic N) is 2. The molecule has 0 atom stereocenters. The van der Waals surface area contributed by atoms with Crippen molar-refractivity contribution in [3.05, 3.63) is 134 Å². The first-order valence-corrected chi connectivity index (χ1v) is 12.7. The molecule has 0 bridgehead atoms. The second kappa shape index (κ2) is 7.78. The van der Waals surface area contributed by atoms with Crippen molar-refractivity contribution in [2.75, 3.05) is 0 Å². The quantitative estimate of drug-likeness (QED) is 0.230. The van der Waals surface area contributed by atoms with Gasteiger partial charge in [0.25, 0.3) is 0 Å². The molecular formula is C35H22N2. The summed E-state index contributed by atoms with van der Waals surface area (Å²) in [5.74, 6) is 0. The minimum Gasteiger partial charge on any atom is -0.307 e. The highest BCUT2D eigenvalue weighted by atomic mass is 15.0. The van der Waals surface area contributed by atoms with Gasteiger partial charge in [-0.25, -0.2) is 0 Å². The molecule has 0 aliphatic rings. The fourth-order valence-electron chi connectivity index (χ4n) is 6.01. The summed E-state index contributed by atoms with van der Waals surface area (Å²) >= 11 is 0. The molecule has 0 unspecified atom stereocenters. The number of hydrogen-bond donors (Lipinski definition) is 0. The fourth-order valence-corrected chi connectivity index (χ4v) is 6.01. The predicted octanol–water partition coefficient (Wildman–Crippen LogP) is 9.31. The van der Waals surface area contributed by atoms with E-state index in [0.717, 1.165) is 16.9 Å². The van der Waals surface area contributed by atoms with Crippen molar-refractivity contribution in [1.82, 2.24) is 9.55 Å². The van der Waals surface area contributed by atoms with Gasteiger partial charge < -0.3 is 4.57 Å². The van der Waals surface area contributed by atoms with E-state index in [4.69, 9.17) is 4.98 Å². The average Bonchev–Trinajstić information content (AvgIpc) is 3.33. The van der Waals surface area contributed by atoms with Crippen LogP contribution < -0.4 is 0 Å². The number of pyridine rings is 1. The summed E-state index contributed by atoms with van der Waals surface area (Å²) in [6.07, 6.45) is 2.01.